The average Bonchev–Trinajstić information content (AvgIpc) is 3.14. The summed E-state index contributed by atoms with van der Waals surface area (Å²) in [4.78, 5) is 2.60. The number of halogens is 1. The lowest BCUT2D eigenvalue weighted by Gasteiger charge is -2.41. The van der Waals surface area contributed by atoms with Gasteiger partial charge in [0.15, 0.2) is 17.1 Å². The smallest absolute Gasteiger partial charge is 0.178 e. The molecule has 0 fully saturated rings. The van der Waals surface area contributed by atoms with Crippen LogP contribution in [0.2, 0.25) is 0 Å². The number of aryl methyl sites for hydroxylation is 2. The molecule has 5 nitrogen and oxygen atoms in total. The number of nitrogens with zero attached hydrogens (tertiary/aromatic N) is 1. The lowest BCUT2D eigenvalue weighted by molar-refractivity contribution is 0.161. The van der Waals surface area contributed by atoms with Crippen LogP contribution in [0.5, 0.6) is 23.0 Å². The lowest BCUT2D eigenvalue weighted by Crippen LogP contribution is -2.37. The predicted octanol–water partition coefficient (Wildman–Crippen LogP) is 10.5. The van der Waals surface area contributed by atoms with Crippen molar-refractivity contribution in [2.45, 2.75) is 51.0 Å². The third kappa shape index (κ3) is 5.64. The Bertz CT molecular complexity index is 2020. The highest BCUT2D eigenvalue weighted by Crippen LogP contribution is 2.50. The summed E-state index contributed by atoms with van der Waals surface area (Å²) in [6, 6.07) is 28.2. The predicted molar refractivity (Wildman–Crippen MR) is 203 cm³/mol. The maximum absolute atomic E-state index is 7.47. The fourth-order valence-corrected chi connectivity index (χ4v) is 8.17. The molecule has 0 bridgehead atoms. The van der Waals surface area contributed by atoms with Crippen LogP contribution in [0.3, 0.4) is 0 Å². The van der Waals surface area contributed by atoms with Gasteiger partial charge in [-0.1, -0.05) is 53.5 Å². The van der Waals surface area contributed by atoms with Crippen molar-refractivity contribution in [2.75, 3.05) is 38.8 Å². The third-order valence-electron chi connectivity index (χ3n) is 10.4. The number of ether oxygens (including phenoxy) is 4. The van der Waals surface area contributed by atoms with Gasteiger partial charge in [-0.3, -0.25) is 0 Å². The van der Waals surface area contributed by atoms with E-state index in [0.717, 1.165) is 94.4 Å². The number of anilines is 1. The Morgan fingerprint density at radius 3 is 2.12 bits per heavy atom. The largest absolute Gasteiger partial charge is 0.494 e. The first-order valence-corrected chi connectivity index (χ1v) is 18.3. The summed E-state index contributed by atoms with van der Waals surface area (Å²) >= 11 is 3.62. The van der Waals surface area contributed by atoms with Gasteiger partial charge in [0.2, 0.25) is 0 Å². The summed E-state index contributed by atoms with van der Waals surface area (Å²) in [5.74, 6) is 3.10. The second kappa shape index (κ2) is 13.1. The maximum Gasteiger partial charge on any atom is 0.178 e. The van der Waals surface area contributed by atoms with Crippen molar-refractivity contribution in [1.82, 2.24) is 0 Å². The van der Waals surface area contributed by atoms with Gasteiger partial charge in [-0.05, 0) is 132 Å². The first kappa shape index (κ1) is 31.8. The second-order valence-corrected chi connectivity index (χ2v) is 14.2. The zero-order valence-electron chi connectivity index (χ0n) is 28.5. The topological polar surface area (TPSA) is 40.2 Å². The standard InChI is InChI=1S/C43H42BrNO4/c1-4-5-22-48-34-16-12-31(13-17-34)43(32-23-29-8-6-20-45-21-7-9-30(24-32)42(29)45)19-18-35-37-26-40(46-2)41(47-3)27-38(37)36(25-39(35)49-43)28-10-14-33(44)15-11-28/h10-19,23-27H,4-9,20-22H2,1-3H3. The van der Waals surface area contributed by atoms with Crippen molar-refractivity contribution in [3.63, 3.8) is 0 Å². The molecule has 3 aliphatic rings. The highest BCUT2D eigenvalue weighted by atomic mass is 79.9. The van der Waals surface area contributed by atoms with E-state index in [4.69, 9.17) is 18.9 Å². The molecular weight excluding hydrogens is 674 g/mol. The van der Waals surface area contributed by atoms with Crippen LogP contribution in [-0.2, 0) is 18.4 Å². The van der Waals surface area contributed by atoms with Gasteiger partial charge in [0.1, 0.15) is 11.5 Å². The van der Waals surface area contributed by atoms with E-state index in [2.05, 4.69) is 119 Å². The van der Waals surface area contributed by atoms with Crippen LogP contribution in [0, 0.1) is 0 Å². The molecule has 3 heterocycles. The molecule has 0 aromatic heterocycles. The molecule has 0 saturated heterocycles. The number of rotatable bonds is 9. The molecule has 0 amide bonds. The molecule has 5 aromatic rings. The van der Waals surface area contributed by atoms with E-state index in [-0.39, 0.29) is 0 Å². The zero-order chi connectivity index (χ0) is 33.5. The summed E-state index contributed by atoms with van der Waals surface area (Å²) < 4.78 is 26.2. The van der Waals surface area contributed by atoms with Crippen LogP contribution < -0.4 is 23.8 Å². The van der Waals surface area contributed by atoms with Gasteiger partial charge in [-0.25, -0.2) is 0 Å². The van der Waals surface area contributed by atoms with Gasteiger partial charge < -0.3 is 23.8 Å². The van der Waals surface area contributed by atoms with Gasteiger partial charge in [-0.15, -0.1) is 0 Å². The molecule has 6 heteroatoms. The van der Waals surface area contributed by atoms with Gasteiger partial charge in [-0.2, -0.15) is 0 Å². The molecular formula is C43H42BrNO4. The Morgan fingerprint density at radius 2 is 1.47 bits per heavy atom. The van der Waals surface area contributed by atoms with Crippen LogP contribution >= 0.6 is 15.9 Å². The Morgan fingerprint density at radius 1 is 0.796 bits per heavy atom. The highest BCUT2D eigenvalue weighted by molar-refractivity contribution is 9.10. The van der Waals surface area contributed by atoms with Gasteiger partial charge in [0.25, 0.3) is 0 Å². The van der Waals surface area contributed by atoms with Gasteiger partial charge in [0, 0.05) is 39.9 Å². The van der Waals surface area contributed by atoms with Gasteiger partial charge in [0.05, 0.1) is 20.8 Å². The van der Waals surface area contributed by atoms with Crippen molar-refractivity contribution in [2.24, 2.45) is 0 Å². The SMILES string of the molecule is CCCCOc1ccc(C2(c3cc4c5c(c3)CCCN5CCC4)C=Cc3c(cc(-c4ccc(Br)cc4)c4cc(OC)c(OC)cc34)O2)cc1. The summed E-state index contributed by atoms with van der Waals surface area (Å²) in [6.07, 6.45) is 11.2. The van der Waals surface area contributed by atoms with E-state index >= 15 is 0 Å². The van der Waals surface area contributed by atoms with Crippen LogP contribution in [0.15, 0.2) is 89.4 Å². The number of benzene rings is 5. The van der Waals surface area contributed by atoms with Gasteiger partial charge >= 0.3 is 0 Å². The highest BCUT2D eigenvalue weighted by Gasteiger charge is 2.40. The molecule has 3 aliphatic heterocycles. The molecule has 1 unspecified atom stereocenters. The first-order chi connectivity index (χ1) is 24.0. The Balaban J connectivity index is 1.34. The number of unbranched alkanes of at least 4 members (excludes halogenated alkanes) is 1. The number of hydrogen-bond donors (Lipinski definition) is 0. The quantitative estimate of drug-likeness (QED) is 0.142. The second-order valence-electron chi connectivity index (χ2n) is 13.3. The summed E-state index contributed by atoms with van der Waals surface area (Å²) in [5.41, 5.74) is 8.94. The van der Waals surface area contributed by atoms with E-state index in [1.54, 1.807) is 14.2 Å². The van der Waals surface area contributed by atoms with Crippen molar-refractivity contribution >= 4 is 38.5 Å². The van der Waals surface area contributed by atoms with E-state index in [1.165, 1.54) is 35.2 Å². The lowest BCUT2D eigenvalue weighted by atomic mass is 9.79. The van der Waals surface area contributed by atoms with Crippen LogP contribution in [-0.4, -0.2) is 33.9 Å². The van der Waals surface area contributed by atoms with E-state index in [9.17, 15) is 0 Å². The minimum absolute atomic E-state index is 0.687. The van der Waals surface area contributed by atoms with E-state index in [1.807, 2.05) is 0 Å². The number of methoxy groups -OCH3 is 2. The zero-order valence-corrected chi connectivity index (χ0v) is 30.1. The minimum Gasteiger partial charge on any atom is -0.494 e. The minimum atomic E-state index is -0.832. The number of hydrogen-bond acceptors (Lipinski definition) is 5. The fourth-order valence-electron chi connectivity index (χ4n) is 7.90. The summed E-state index contributed by atoms with van der Waals surface area (Å²) in [6.45, 7) is 5.20. The van der Waals surface area contributed by atoms with Crippen LogP contribution in [0.1, 0.15) is 60.4 Å². The van der Waals surface area contributed by atoms with Crippen molar-refractivity contribution in [3.05, 3.63) is 117 Å². The normalized spacial score (nSPS) is 17.7. The van der Waals surface area contributed by atoms with Crippen LogP contribution in [0.4, 0.5) is 5.69 Å². The van der Waals surface area contributed by atoms with Crippen molar-refractivity contribution in [3.8, 4) is 34.1 Å². The fraction of sp³-hybridized carbons (Fsp3) is 0.302. The van der Waals surface area contributed by atoms with Crippen molar-refractivity contribution < 1.29 is 18.9 Å². The molecule has 0 radical (unpaired) electrons. The summed E-state index contributed by atoms with van der Waals surface area (Å²) in [5, 5.41) is 2.13. The average molecular weight is 717 g/mol. The molecule has 8 rings (SSSR count). The third-order valence-corrected chi connectivity index (χ3v) is 10.9. The Hall–Kier alpha value is -4.42. The Kier molecular flexibility index (Phi) is 8.53. The van der Waals surface area contributed by atoms with Crippen LogP contribution in [0.25, 0.3) is 28.0 Å². The van der Waals surface area contributed by atoms with E-state index < -0.39 is 5.60 Å². The molecule has 0 N–H and O–H groups in total. The molecule has 0 spiro atoms. The number of fused-ring (bicyclic) bond motifs is 3. The summed E-state index contributed by atoms with van der Waals surface area (Å²) in [7, 11) is 3.37. The molecule has 1 atom stereocenters. The first-order valence-electron chi connectivity index (χ1n) is 17.5. The van der Waals surface area contributed by atoms with Crippen molar-refractivity contribution in [1.29, 1.82) is 0 Å². The monoisotopic (exact) mass is 715 g/mol. The molecule has 250 valence electrons. The molecule has 0 aliphatic carbocycles. The maximum atomic E-state index is 7.47. The molecule has 49 heavy (non-hydrogen) atoms. The molecule has 5 aromatic carbocycles. The van der Waals surface area contributed by atoms with E-state index in [0.29, 0.717) is 11.5 Å². The Labute approximate surface area is 297 Å². The molecule has 0 saturated carbocycles.